The summed E-state index contributed by atoms with van der Waals surface area (Å²) in [7, 11) is 1.64. The van der Waals surface area contributed by atoms with E-state index in [1.165, 1.54) is 11.8 Å². The van der Waals surface area contributed by atoms with Gasteiger partial charge in [0.15, 0.2) is 5.16 Å². The van der Waals surface area contributed by atoms with Crippen LogP contribution in [0.2, 0.25) is 10.0 Å². The van der Waals surface area contributed by atoms with Crippen LogP contribution in [0.4, 0.5) is 0 Å². The molecule has 0 saturated carbocycles. The van der Waals surface area contributed by atoms with Crippen LogP contribution in [0, 0.1) is 6.92 Å². The average Bonchev–Trinajstić information content (AvgIpc) is 2.67. The Labute approximate surface area is 171 Å². The second-order valence-electron chi connectivity index (χ2n) is 5.96. The van der Waals surface area contributed by atoms with Crippen LogP contribution in [-0.4, -0.2) is 17.1 Å². The standard InChI is InChI=1S/C20H18Cl2N2O2S/c1-12-18(10-15-16(21)4-3-5-17(15)22)23-20(24-19(12)25)27-11-13-6-8-14(26-2)9-7-13/h3-9H,10-11H2,1-2H3,(H,23,24,25). The lowest BCUT2D eigenvalue weighted by molar-refractivity contribution is 0.414. The van der Waals surface area contributed by atoms with E-state index in [2.05, 4.69) is 9.97 Å². The number of hydrogen-bond acceptors (Lipinski definition) is 4. The molecular weight excluding hydrogens is 403 g/mol. The molecule has 140 valence electrons. The first-order chi connectivity index (χ1) is 13.0. The van der Waals surface area contributed by atoms with Crippen molar-refractivity contribution < 1.29 is 4.74 Å². The molecule has 1 heterocycles. The number of rotatable bonds is 6. The second-order valence-corrected chi connectivity index (χ2v) is 7.73. The molecule has 7 heteroatoms. The van der Waals surface area contributed by atoms with Crippen LogP contribution >= 0.6 is 35.0 Å². The topological polar surface area (TPSA) is 55.0 Å². The Morgan fingerprint density at radius 1 is 1.11 bits per heavy atom. The van der Waals surface area contributed by atoms with Gasteiger partial charge in [-0.1, -0.05) is 53.2 Å². The van der Waals surface area contributed by atoms with Crippen molar-refractivity contribution in [2.45, 2.75) is 24.3 Å². The maximum Gasteiger partial charge on any atom is 0.254 e. The molecule has 1 aromatic heterocycles. The summed E-state index contributed by atoms with van der Waals surface area (Å²) in [6.45, 7) is 1.75. The van der Waals surface area contributed by atoms with Gasteiger partial charge in [0.2, 0.25) is 0 Å². The molecule has 0 atom stereocenters. The number of benzene rings is 2. The third kappa shape index (κ3) is 4.86. The number of nitrogens with zero attached hydrogens (tertiary/aromatic N) is 1. The normalized spacial score (nSPS) is 10.8. The zero-order chi connectivity index (χ0) is 19.4. The molecule has 3 rings (SSSR count). The van der Waals surface area contributed by atoms with Gasteiger partial charge in [0.1, 0.15) is 5.75 Å². The van der Waals surface area contributed by atoms with Crippen LogP contribution in [0.5, 0.6) is 5.75 Å². The van der Waals surface area contributed by atoms with Crippen molar-refractivity contribution in [1.82, 2.24) is 9.97 Å². The Morgan fingerprint density at radius 2 is 1.78 bits per heavy atom. The molecule has 27 heavy (non-hydrogen) atoms. The van der Waals surface area contributed by atoms with Crippen molar-refractivity contribution in [3.8, 4) is 5.75 Å². The molecule has 1 N–H and O–H groups in total. The van der Waals surface area contributed by atoms with E-state index in [4.69, 9.17) is 27.9 Å². The first-order valence-corrected chi connectivity index (χ1v) is 10.0. The van der Waals surface area contributed by atoms with Gasteiger partial charge < -0.3 is 9.72 Å². The Hall–Kier alpha value is -1.95. The molecule has 0 spiro atoms. The number of ether oxygens (including phenoxy) is 1. The number of H-pyrrole nitrogens is 1. The van der Waals surface area contributed by atoms with Gasteiger partial charge in [-0.15, -0.1) is 0 Å². The van der Waals surface area contributed by atoms with Crippen LogP contribution in [0.25, 0.3) is 0 Å². The van der Waals surface area contributed by atoms with E-state index >= 15 is 0 Å². The van der Waals surface area contributed by atoms with E-state index in [-0.39, 0.29) is 5.56 Å². The maximum atomic E-state index is 12.3. The second kappa shape index (κ2) is 8.83. The lowest BCUT2D eigenvalue weighted by Crippen LogP contribution is -2.16. The fourth-order valence-electron chi connectivity index (χ4n) is 2.54. The molecule has 0 aliphatic rings. The number of nitrogens with one attached hydrogen (secondary N) is 1. The Kier molecular flexibility index (Phi) is 6.47. The molecule has 0 aliphatic carbocycles. The van der Waals surface area contributed by atoms with Crippen molar-refractivity contribution in [2.75, 3.05) is 7.11 Å². The lowest BCUT2D eigenvalue weighted by atomic mass is 10.1. The minimum absolute atomic E-state index is 0.152. The van der Waals surface area contributed by atoms with Gasteiger partial charge in [-0.3, -0.25) is 4.79 Å². The SMILES string of the molecule is COc1ccc(CSc2nc(Cc3c(Cl)cccc3Cl)c(C)c(=O)[nH]2)cc1. The molecule has 0 saturated heterocycles. The summed E-state index contributed by atoms with van der Waals surface area (Å²) in [6, 6.07) is 13.2. The summed E-state index contributed by atoms with van der Waals surface area (Å²) in [5.41, 5.74) is 2.97. The highest BCUT2D eigenvalue weighted by atomic mass is 35.5. The molecule has 0 fully saturated rings. The summed E-state index contributed by atoms with van der Waals surface area (Å²) >= 11 is 14.0. The van der Waals surface area contributed by atoms with Gasteiger partial charge in [-0.25, -0.2) is 4.98 Å². The van der Waals surface area contributed by atoms with Gasteiger partial charge in [0, 0.05) is 27.8 Å². The van der Waals surface area contributed by atoms with Gasteiger partial charge in [0.25, 0.3) is 5.56 Å². The highest BCUT2D eigenvalue weighted by molar-refractivity contribution is 7.98. The Morgan fingerprint density at radius 3 is 2.41 bits per heavy atom. The largest absolute Gasteiger partial charge is 0.497 e. The number of hydrogen-bond donors (Lipinski definition) is 1. The molecule has 0 amide bonds. The van der Waals surface area contributed by atoms with Crippen LogP contribution in [0.15, 0.2) is 52.4 Å². The molecule has 3 aromatic rings. The third-order valence-corrected chi connectivity index (χ3v) is 5.82. The van der Waals surface area contributed by atoms with Crippen LogP contribution in [0.1, 0.15) is 22.4 Å². The number of methoxy groups -OCH3 is 1. The molecule has 0 radical (unpaired) electrons. The minimum Gasteiger partial charge on any atom is -0.497 e. The van der Waals surface area contributed by atoms with E-state index < -0.39 is 0 Å². The van der Waals surface area contributed by atoms with Crippen molar-refractivity contribution in [3.05, 3.63) is 85.2 Å². The fraction of sp³-hybridized carbons (Fsp3) is 0.200. The minimum atomic E-state index is -0.152. The van der Waals surface area contributed by atoms with E-state index in [1.54, 1.807) is 32.2 Å². The maximum absolute atomic E-state index is 12.3. The zero-order valence-corrected chi connectivity index (χ0v) is 17.2. The first kappa shape index (κ1) is 19.8. The monoisotopic (exact) mass is 420 g/mol. The number of halogens is 2. The van der Waals surface area contributed by atoms with Crippen molar-refractivity contribution in [3.63, 3.8) is 0 Å². The zero-order valence-electron chi connectivity index (χ0n) is 14.9. The summed E-state index contributed by atoms with van der Waals surface area (Å²) < 4.78 is 5.16. The van der Waals surface area contributed by atoms with Gasteiger partial charge >= 0.3 is 0 Å². The smallest absolute Gasteiger partial charge is 0.254 e. The van der Waals surface area contributed by atoms with E-state index in [1.807, 2.05) is 24.3 Å². The molecular formula is C20H18Cl2N2O2S. The Balaban J connectivity index is 1.82. The molecule has 0 bridgehead atoms. The van der Waals surface area contributed by atoms with Gasteiger partial charge in [-0.05, 0) is 42.3 Å². The van der Waals surface area contributed by atoms with Crippen LogP contribution in [-0.2, 0) is 12.2 Å². The summed E-state index contributed by atoms with van der Waals surface area (Å²) in [6.07, 6.45) is 0.407. The highest BCUT2D eigenvalue weighted by Crippen LogP contribution is 2.27. The number of aromatic amines is 1. The van der Waals surface area contributed by atoms with Gasteiger partial charge in [0.05, 0.1) is 12.8 Å². The first-order valence-electron chi connectivity index (χ1n) is 8.26. The molecule has 0 unspecified atom stereocenters. The van der Waals surface area contributed by atoms with Crippen LogP contribution in [0.3, 0.4) is 0 Å². The van der Waals surface area contributed by atoms with Gasteiger partial charge in [-0.2, -0.15) is 0 Å². The average molecular weight is 421 g/mol. The summed E-state index contributed by atoms with van der Waals surface area (Å²) in [5, 5.41) is 1.70. The van der Waals surface area contributed by atoms with Crippen molar-refractivity contribution in [1.29, 1.82) is 0 Å². The predicted molar refractivity (Wildman–Crippen MR) is 111 cm³/mol. The quantitative estimate of drug-likeness (QED) is 0.435. The molecule has 4 nitrogen and oxygen atoms in total. The molecule has 0 aliphatic heterocycles. The fourth-order valence-corrected chi connectivity index (χ4v) is 3.91. The summed E-state index contributed by atoms with van der Waals surface area (Å²) in [5.74, 6) is 1.49. The lowest BCUT2D eigenvalue weighted by Gasteiger charge is -2.10. The number of aromatic nitrogens is 2. The van der Waals surface area contributed by atoms with E-state index in [9.17, 15) is 4.79 Å². The summed E-state index contributed by atoms with van der Waals surface area (Å²) in [4.78, 5) is 19.8. The molecule has 2 aromatic carbocycles. The predicted octanol–water partition coefficient (Wildman–Crippen LogP) is 5.28. The van der Waals surface area contributed by atoms with Crippen LogP contribution < -0.4 is 10.3 Å². The Bertz CT molecular complexity index is 984. The van der Waals surface area contributed by atoms with E-state index in [0.717, 1.165) is 16.9 Å². The third-order valence-electron chi connectivity index (χ3n) is 4.17. The highest BCUT2D eigenvalue weighted by Gasteiger charge is 2.13. The van der Waals surface area contributed by atoms with Crippen molar-refractivity contribution >= 4 is 35.0 Å². The number of thioether (sulfide) groups is 1. The van der Waals surface area contributed by atoms with Crippen molar-refractivity contribution in [2.24, 2.45) is 0 Å². The van der Waals surface area contributed by atoms with E-state index in [0.29, 0.717) is 38.6 Å².